The summed E-state index contributed by atoms with van der Waals surface area (Å²) < 4.78 is 0. The summed E-state index contributed by atoms with van der Waals surface area (Å²) in [6.45, 7) is 0. The summed E-state index contributed by atoms with van der Waals surface area (Å²) in [6, 6.07) is 0. The molecule has 1 heterocycles. The van der Waals surface area contributed by atoms with Crippen LogP contribution in [0.3, 0.4) is 0 Å². The Morgan fingerprint density at radius 1 is 2.00 bits per heavy atom. The fourth-order valence-electron chi connectivity index (χ4n) is 0.117. The van der Waals surface area contributed by atoms with Crippen LogP contribution in [-0.2, 0) is 4.79 Å². The molecule has 0 aromatic heterocycles. The van der Waals surface area contributed by atoms with Crippen LogP contribution in [0.25, 0.3) is 0 Å². The average Bonchev–Trinajstić information content (AvgIpc) is 1.30. The topological polar surface area (TPSA) is 29.4 Å². The van der Waals surface area contributed by atoms with Crippen molar-refractivity contribution in [3.8, 4) is 0 Å². The number of carbonyl (C=O) groups excluding carboxylic acids is 1. The van der Waals surface area contributed by atoms with Crippen LogP contribution in [0.4, 0.5) is 0 Å². The van der Waals surface area contributed by atoms with Crippen molar-refractivity contribution in [2.75, 3.05) is 0 Å². The number of hydrogen-bond donors (Lipinski definition) is 0. The summed E-state index contributed by atoms with van der Waals surface area (Å²) in [7, 11) is 0. The van der Waals surface area contributed by atoms with E-state index < -0.39 is 0 Å². The van der Waals surface area contributed by atoms with Crippen LogP contribution >= 0.6 is 0 Å². The molecule has 1 aliphatic rings. The van der Waals surface area contributed by atoms with Gasteiger partial charge in [0, 0.05) is 0 Å². The first-order chi connectivity index (χ1) is 2.39. The molecular formula is C3HNO. The molecule has 0 unspecified atom stereocenters. The van der Waals surface area contributed by atoms with Crippen LogP contribution in [-0.4, -0.2) is 11.8 Å². The van der Waals surface area contributed by atoms with E-state index in [0.717, 1.165) is 0 Å². The van der Waals surface area contributed by atoms with Crippen molar-refractivity contribution in [1.82, 2.24) is 0 Å². The quantitative estimate of drug-likeness (QED) is 0.384. The maximum absolute atomic E-state index is 9.61. The Labute approximate surface area is 28.8 Å². The predicted octanol–water partition coefficient (Wildman–Crippen LogP) is -0.248. The van der Waals surface area contributed by atoms with Crippen LogP contribution in [0.2, 0.25) is 0 Å². The van der Waals surface area contributed by atoms with E-state index >= 15 is 0 Å². The van der Waals surface area contributed by atoms with E-state index in [4.69, 9.17) is 0 Å². The highest BCUT2D eigenvalue weighted by molar-refractivity contribution is 6.07. The third-order valence-corrected chi connectivity index (χ3v) is 0.363. The molecule has 1 rings (SSSR count). The molecule has 0 aliphatic carbocycles. The van der Waals surface area contributed by atoms with Gasteiger partial charge in [0.15, 0.2) is 0 Å². The zero-order valence-corrected chi connectivity index (χ0v) is 2.43. The smallest absolute Gasteiger partial charge is 0.266 e. The van der Waals surface area contributed by atoms with Crippen molar-refractivity contribution in [3.05, 3.63) is 6.08 Å². The highest BCUT2D eigenvalue weighted by atomic mass is 16.1. The second-order valence-corrected chi connectivity index (χ2v) is 0.723. The van der Waals surface area contributed by atoms with Crippen molar-refractivity contribution in [2.24, 2.45) is 4.99 Å². The molecule has 0 fully saturated rings. The third-order valence-electron chi connectivity index (χ3n) is 0.363. The fourth-order valence-corrected chi connectivity index (χ4v) is 0.117. The number of hydrogen-bond acceptors (Lipinski definition) is 1. The van der Waals surface area contributed by atoms with Gasteiger partial charge in [-0.1, -0.05) is 0 Å². The first-order valence-corrected chi connectivity index (χ1v) is 1.23. The Balaban J connectivity index is 2.96. The summed E-state index contributed by atoms with van der Waals surface area (Å²) in [6.07, 6.45) is 1.29. The lowest BCUT2D eigenvalue weighted by Crippen LogP contribution is -1.92. The Morgan fingerprint density at radius 2 is 2.40 bits per heavy atom. The summed E-state index contributed by atoms with van der Waals surface area (Å²) in [5.41, 5.74) is 0. The zero-order valence-electron chi connectivity index (χ0n) is 2.43. The Hall–Kier alpha value is -0.880. The largest absolute Gasteiger partial charge is 0.287 e. The van der Waals surface area contributed by atoms with Crippen molar-refractivity contribution >= 4 is 11.8 Å². The minimum absolute atomic E-state index is 0.176. The maximum atomic E-state index is 9.61. The minimum Gasteiger partial charge on any atom is -0.266 e. The summed E-state index contributed by atoms with van der Waals surface area (Å²) in [4.78, 5) is 12.7. The Kier molecular flexibility index (Phi) is 0.253. The van der Waals surface area contributed by atoms with Crippen LogP contribution in [0.5, 0.6) is 0 Å². The lowest BCUT2D eigenvalue weighted by atomic mass is 10.5. The Morgan fingerprint density at radius 3 is 2.40 bits per heavy atom. The van der Waals surface area contributed by atoms with Gasteiger partial charge in [0.05, 0.1) is 6.08 Å². The Bertz CT molecular complexity index is 109. The molecule has 24 valence electrons. The molecule has 0 radical (unpaired) electrons. The van der Waals surface area contributed by atoms with Gasteiger partial charge in [-0.3, -0.25) is 4.79 Å². The first kappa shape index (κ1) is 2.36. The van der Waals surface area contributed by atoms with Crippen LogP contribution in [0, 0.1) is 0 Å². The van der Waals surface area contributed by atoms with Crippen LogP contribution in [0.15, 0.2) is 11.1 Å². The molecular weight excluding hydrogens is 66.0 g/mol. The highest BCUT2D eigenvalue weighted by Gasteiger charge is 1.91. The van der Waals surface area contributed by atoms with Gasteiger partial charge in [-0.2, -0.15) is 4.99 Å². The molecule has 0 aromatic rings. The number of carbonyl (C=O) groups is 1. The lowest BCUT2D eigenvalue weighted by Gasteiger charge is -1.77. The van der Waals surface area contributed by atoms with Crippen LogP contribution in [0.1, 0.15) is 0 Å². The summed E-state index contributed by atoms with van der Waals surface area (Å²) in [5, 5.41) is 0. The van der Waals surface area contributed by atoms with Crippen molar-refractivity contribution in [3.63, 3.8) is 0 Å². The van der Waals surface area contributed by atoms with E-state index in [0.29, 0.717) is 0 Å². The molecule has 1 amide bonds. The maximum Gasteiger partial charge on any atom is 0.287 e. The van der Waals surface area contributed by atoms with Gasteiger partial charge in [0.2, 0.25) is 0 Å². The molecule has 0 aromatic carbocycles. The average molecular weight is 67.0 g/mol. The molecule has 2 nitrogen and oxygen atoms in total. The van der Waals surface area contributed by atoms with E-state index in [1.165, 1.54) is 6.08 Å². The lowest BCUT2D eigenvalue weighted by molar-refractivity contribution is -0.113. The summed E-state index contributed by atoms with van der Waals surface area (Å²) in [5.74, 6) is 2.14. The summed E-state index contributed by atoms with van der Waals surface area (Å²) >= 11 is 0. The molecule has 0 saturated heterocycles. The highest BCUT2D eigenvalue weighted by Crippen LogP contribution is 1.77. The van der Waals surface area contributed by atoms with Gasteiger partial charge >= 0.3 is 0 Å². The van der Waals surface area contributed by atoms with E-state index in [1.807, 2.05) is 0 Å². The monoisotopic (exact) mass is 67.0 g/mol. The van der Waals surface area contributed by atoms with E-state index in [2.05, 4.69) is 10.9 Å². The van der Waals surface area contributed by atoms with Crippen LogP contribution < -0.4 is 0 Å². The second-order valence-electron chi connectivity index (χ2n) is 0.723. The van der Waals surface area contributed by atoms with Gasteiger partial charge in [-0.05, 0) is 5.87 Å². The standard InChI is InChI=1S/C3HNO/c5-3-1-2-4-3/h1H. The molecule has 0 N–H and O–H groups in total. The van der Waals surface area contributed by atoms with Crippen molar-refractivity contribution in [2.45, 2.75) is 0 Å². The SMILES string of the molecule is O=C1C=C=N1. The molecule has 5 heavy (non-hydrogen) atoms. The van der Waals surface area contributed by atoms with E-state index in [9.17, 15) is 4.79 Å². The normalized spacial score (nSPS) is 15.6. The number of aliphatic imine (C=N–C) groups is 1. The molecule has 2 heteroatoms. The third kappa shape index (κ3) is 0.149. The van der Waals surface area contributed by atoms with Gasteiger partial charge in [0.25, 0.3) is 5.91 Å². The molecule has 1 aliphatic heterocycles. The van der Waals surface area contributed by atoms with Gasteiger partial charge in [-0.15, -0.1) is 0 Å². The minimum atomic E-state index is -0.176. The second kappa shape index (κ2) is 0.535. The first-order valence-electron chi connectivity index (χ1n) is 1.23. The molecule has 0 saturated carbocycles. The van der Waals surface area contributed by atoms with Gasteiger partial charge < -0.3 is 0 Å². The van der Waals surface area contributed by atoms with E-state index in [1.54, 1.807) is 0 Å². The van der Waals surface area contributed by atoms with Gasteiger partial charge in [0.1, 0.15) is 0 Å². The van der Waals surface area contributed by atoms with Gasteiger partial charge in [-0.25, -0.2) is 0 Å². The zero-order chi connectivity index (χ0) is 3.70. The van der Waals surface area contributed by atoms with Crippen molar-refractivity contribution in [1.29, 1.82) is 0 Å². The predicted molar refractivity (Wildman–Crippen MR) is 17.0 cm³/mol. The van der Waals surface area contributed by atoms with E-state index in [-0.39, 0.29) is 5.91 Å². The molecule has 0 bridgehead atoms. The fraction of sp³-hybridized carbons (Fsp3) is 0. The number of amides is 1. The van der Waals surface area contributed by atoms with Crippen molar-refractivity contribution < 1.29 is 4.79 Å². The molecule has 0 spiro atoms. The number of rotatable bonds is 0. The molecule has 0 atom stereocenters. The number of nitrogens with zero attached hydrogens (tertiary/aromatic N) is 1.